The van der Waals surface area contributed by atoms with Gasteiger partial charge in [0, 0.05) is 23.9 Å². The Hall–Kier alpha value is -0.220. The average molecular weight is 295 g/mol. The van der Waals surface area contributed by atoms with Crippen molar-refractivity contribution in [3.63, 3.8) is 0 Å². The summed E-state index contributed by atoms with van der Waals surface area (Å²) in [4.78, 5) is 7.58. The minimum absolute atomic E-state index is 0.532. The first-order valence-corrected chi connectivity index (χ1v) is 9.31. The second-order valence-electron chi connectivity index (χ2n) is 7.10. The third kappa shape index (κ3) is 3.16. The highest BCUT2D eigenvalue weighted by atomic mass is 32.2. The molecule has 2 saturated heterocycles. The van der Waals surface area contributed by atoms with E-state index in [9.17, 15) is 0 Å². The number of aliphatic imine (C=N–C) groups is 1. The van der Waals surface area contributed by atoms with Crippen LogP contribution in [0.3, 0.4) is 0 Å². The van der Waals surface area contributed by atoms with Gasteiger partial charge >= 0.3 is 0 Å². The standard InChI is InChI=1S/C16H29N3S/c1-11(2)15-7-8-20-16(18-15)17-12-9-13-5-4-6-14(10-12)19(13)3/h11-15H,4-10H2,1-3H3,(H,17,18). The highest BCUT2D eigenvalue weighted by molar-refractivity contribution is 8.13. The van der Waals surface area contributed by atoms with Gasteiger partial charge in [-0.15, -0.1) is 0 Å². The first-order chi connectivity index (χ1) is 9.63. The summed E-state index contributed by atoms with van der Waals surface area (Å²) >= 11 is 1.93. The first kappa shape index (κ1) is 14.7. The zero-order chi connectivity index (χ0) is 14.1. The van der Waals surface area contributed by atoms with E-state index in [1.54, 1.807) is 0 Å². The van der Waals surface area contributed by atoms with Gasteiger partial charge in [-0.3, -0.25) is 4.99 Å². The molecule has 3 unspecified atom stereocenters. The van der Waals surface area contributed by atoms with Crippen molar-refractivity contribution in [2.45, 2.75) is 76.5 Å². The maximum Gasteiger partial charge on any atom is 0.157 e. The number of amidine groups is 1. The number of hydrogen-bond donors (Lipinski definition) is 1. The van der Waals surface area contributed by atoms with E-state index in [-0.39, 0.29) is 0 Å². The lowest BCUT2D eigenvalue weighted by atomic mass is 9.82. The van der Waals surface area contributed by atoms with Crippen molar-refractivity contribution in [2.75, 3.05) is 12.8 Å². The molecule has 20 heavy (non-hydrogen) atoms. The SMILES string of the molecule is CC(C)C1CCSC(NC2CC3CCCC(C2)N3C)=N1. The molecule has 0 radical (unpaired) electrons. The number of fused-ring (bicyclic) bond motifs is 2. The number of hydrogen-bond acceptors (Lipinski definition) is 4. The van der Waals surface area contributed by atoms with Crippen molar-refractivity contribution in [2.24, 2.45) is 10.9 Å². The molecule has 3 rings (SSSR count). The molecule has 1 N–H and O–H groups in total. The maximum atomic E-state index is 4.94. The summed E-state index contributed by atoms with van der Waals surface area (Å²) in [6.45, 7) is 4.59. The molecule has 3 atom stereocenters. The minimum atomic E-state index is 0.532. The predicted octanol–water partition coefficient (Wildman–Crippen LogP) is 3.11. The van der Waals surface area contributed by atoms with Crippen molar-refractivity contribution in [1.29, 1.82) is 0 Å². The molecule has 0 aromatic rings. The number of piperidine rings is 2. The molecule has 4 heteroatoms. The largest absolute Gasteiger partial charge is 0.362 e. The number of nitrogens with zero attached hydrogens (tertiary/aromatic N) is 2. The lowest BCUT2D eigenvalue weighted by Gasteiger charge is -2.47. The Morgan fingerprint density at radius 3 is 2.55 bits per heavy atom. The summed E-state index contributed by atoms with van der Waals surface area (Å²) in [5.41, 5.74) is 0. The van der Waals surface area contributed by atoms with Gasteiger partial charge < -0.3 is 10.2 Å². The second-order valence-corrected chi connectivity index (χ2v) is 8.18. The van der Waals surface area contributed by atoms with Crippen LogP contribution in [0.2, 0.25) is 0 Å². The summed E-state index contributed by atoms with van der Waals surface area (Å²) in [5, 5.41) is 5.00. The molecule has 0 aliphatic carbocycles. The van der Waals surface area contributed by atoms with E-state index in [1.165, 1.54) is 49.4 Å². The van der Waals surface area contributed by atoms with E-state index in [1.807, 2.05) is 11.8 Å². The molecule has 3 nitrogen and oxygen atoms in total. The lowest BCUT2D eigenvalue weighted by Crippen LogP contribution is -2.55. The smallest absolute Gasteiger partial charge is 0.157 e. The molecule has 0 aromatic heterocycles. The molecule has 3 aliphatic heterocycles. The van der Waals surface area contributed by atoms with Crippen LogP contribution < -0.4 is 5.32 Å². The molecular weight excluding hydrogens is 266 g/mol. The van der Waals surface area contributed by atoms with Gasteiger partial charge in [0.15, 0.2) is 5.17 Å². The third-order valence-electron chi connectivity index (χ3n) is 5.37. The highest BCUT2D eigenvalue weighted by Crippen LogP contribution is 2.33. The summed E-state index contributed by atoms with van der Waals surface area (Å²) in [6, 6.07) is 2.79. The molecule has 2 fully saturated rings. The molecule has 3 heterocycles. The van der Waals surface area contributed by atoms with E-state index >= 15 is 0 Å². The van der Waals surface area contributed by atoms with Crippen molar-refractivity contribution in [3.05, 3.63) is 0 Å². The molecular formula is C16H29N3S. The third-order valence-corrected chi connectivity index (χ3v) is 6.31. The summed E-state index contributed by atoms with van der Waals surface area (Å²) in [7, 11) is 2.33. The van der Waals surface area contributed by atoms with E-state index < -0.39 is 0 Å². The Bertz CT molecular complexity index is 355. The Morgan fingerprint density at radius 2 is 1.90 bits per heavy atom. The van der Waals surface area contributed by atoms with E-state index in [4.69, 9.17) is 4.99 Å². The van der Waals surface area contributed by atoms with Crippen LogP contribution in [0.1, 0.15) is 52.4 Å². The summed E-state index contributed by atoms with van der Waals surface area (Å²) in [5.74, 6) is 1.90. The molecule has 0 spiro atoms. The Labute approximate surface area is 128 Å². The normalized spacial score (nSPS) is 38.7. The fourth-order valence-corrected chi connectivity index (χ4v) is 5.01. The second kappa shape index (κ2) is 6.27. The average Bonchev–Trinajstić information content (AvgIpc) is 2.40. The quantitative estimate of drug-likeness (QED) is 0.848. The number of nitrogens with one attached hydrogen (secondary N) is 1. The van der Waals surface area contributed by atoms with Crippen LogP contribution in [0.5, 0.6) is 0 Å². The Morgan fingerprint density at radius 1 is 1.20 bits per heavy atom. The topological polar surface area (TPSA) is 27.6 Å². The molecule has 0 amide bonds. The van der Waals surface area contributed by atoms with Crippen molar-refractivity contribution >= 4 is 16.9 Å². The van der Waals surface area contributed by atoms with Crippen molar-refractivity contribution in [1.82, 2.24) is 10.2 Å². The van der Waals surface area contributed by atoms with Crippen molar-refractivity contribution in [3.8, 4) is 0 Å². The van der Waals surface area contributed by atoms with E-state index in [0.717, 1.165) is 12.1 Å². The minimum Gasteiger partial charge on any atom is -0.362 e. The highest BCUT2D eigenvalue weighted by Gasteiger charge is 2.36. The van der Waals surface area contributed by atoms with Crippen LogP contribution in [-0.4, -0.2) is 47.0 Å². The Kier molecular flexibility index (Phi) is 4.61. The van der Waals surface area contributed by atoms with Gasteiger partial charge in [-0.1, -0.05) is 32.0 Å². The fourth-order valence-electron chi connectivity index (χ4n) is 4.00. The predicted molar refractivity (Wildman–Crippen MR) is 88.5 cm³/mol. The van der Waals surface area contributed by atoms with Gasteiger partial charge in [-0.25, -0.2) is 0 Å². The summed E-state index contributed by atoms with van der Waals surface area (Å²) in [6.07, 6.45) is 8.06. The zero-order valence-corrected chi connectivity index (χ0v) is 14.0. The lowest BCUT2D eigenvalue weighted by molar-refractivity contribution is 0.0530. The van der Waals surface area contributed by atoms with Gasteiger partial charge in [0.25, 0.3) is 0 Å². The van der Waals surface area contributed by atoms with E-state index in [0.29, 0.717) is 18.0 Å². The van der Waals surface area contributed by atoms with Crippen LogP contribution in [0, 0.1) is 5.92 Å². The van der Waals surface area contributed by atoms with Gasteiger partial charge in [-0.05, 0) is 45.1 Å². The van der Waals surface area contributed by atoms with Crippen LogP contribution in [0.4, 0.5) is 0 Å². The molecule has 0 aromatic carbocycles. The van der Waals surface area contributed by atoms with Crippen LogP contribution in [0.15, 0.2) is 4.99 Å². The number of rotatable bonds is 2. The zero-order valence-electron chi connectivity index (χ0n) is 13.1. The fraction of sp³-hybridized carbons (Fsp3) is 0.938. The first-order valence-electron chi connectivity index (χ1n) is 8.32. The molecule has 114 valence electrons. The van der Waals surface area contributed by atoms with Gasteiger partial charge in [0.2, 0.25) is 0 Å². The van der Waals surface area contributed by atoms with E-state index in [2.05, 4.69) is 31.1 Å². The van der Waals surface area contributed by atoms with Crippen LogP contribution >= 0.6 is 11.8 Å². The monoisotopic (exact) mass is 295 g/mol. The van der Waals surface area contributed by atoms with Crippen LogP contribution in [0.25, 0.3) is 0 Å². The number of thioether (sulfide) groups is 1. The van der Waals surface area contributed by atoms with Gasteiger partial charge in [-0.2, -0.15) is 0 Å². The molecule has 0 saturated carbocycles. The maximum absolute atomic E-state index is 4.94. The van der Waals surface area contributed by atoms with Gasteiger partial charge in [0.05, 0.1) is 6.04 Å². The van der Waals surface area contributed by atoms with Gasteiger partial charge in [0.1, 0.15) is 0 Å². The van der Waals surface area contributed by atoms with Crippen LogP contribution in [-0.2, 0) is 0 Å². The molecule has 2 bridgehead atoms. The summed E-state index contributed by atoms with van der Waals surface area (Å²) < 4.78 is 0. The molecule has 3 aliphatic rings. The van der Waals surface area contributed by atoms with Crippen molar-refractivity contribution < 1.29 is 0 Å². The Balaban J connectivity index is 1.61.